The molecule has 51 heavy (non-hydrogen) atoms. The van der Waals surface area contributed by atoms with Crippen LogP contribution in [0.3, 0.4) is 0 Å². The summed E-state index contributed by atoms with van der Waals surface area (Å²) in [5.74, 6) is 0. The molecule has 2 aromatic heterocycles. The summed E-state index contributed by atoms with van der Waals surface area (Å²) in [4.78, 5) is 2.29. The Morgan fingerprint density at radius 2 is 0.843 bits per heavy atom. The van der Waals surface area contributed by atoms with E-state index in [0.29, 0.717) is 0 Å². The number of nitrogens with zero attached hydrogens (tertiary/aromatic N) is 1. The van der Waals surface area contributed by atoms with Crippen LogP contribution in [-0.2, 0) is 0 Å². The number of hydrogen-bond donors (Lipinski definition) is 0. The molecule has 0 radical (unpaired) electrons. The van der Waals surface area contributed by atoms with Crippen LogP contribution in [0.1, 0.15) is 0 Å². The third-order valence-corrected chi connectivity index (χ3v) is 10.4. The maximum Gasteiger partial charge on any atom is 0.159 e. The SMILES string of the molecule is c1ccc2c(c1)ccc1cc(-c3ccc(N(c4cccc5c4oc4ccccc45)c4cccc5c4oc4c6ccccc6ccc54)cc3)ccc12. The molecule has 0 bridgehead atoms. The van der Waals surface area contributed by atoms with Gasteiger partial charge in [0.2, 0.25) is 0 Å². The Bertz CT molecular complexity index is 3150. The minimum Gasteiger partial charge on any atom is -0.454 e. The quantitative estimate of drug-likeness (QED) is 0.177. The molecule has 3 nitrogen and oxygen atoms in total. The van der Waals surface area contributed by atoms with Crippen LogP contribution in [0.5, 0.6) is 0 Å². The van der Waals surface area contributed by atoms with E-state index in [9.17, 15) is 0 Å². The number of hydrogen-bond acceptors (Lipinski definition) is 3. The fraction of sp³-hybridized carbons (Fsp3) is 0. The van der Waals surface area contributed by atoms with Crippen molar-refractivity contribution >= 4 is 93.3 Å². The number of benzene rings is 9. The van der Waals surface area contributed by atoms with Crippen molar-refractivity contribution in [2.75, 3.05) is 4.90 Å². The minimum absolute atomic E-state index is 0.836. The molecule has 11 rings (SSSR count). The Morgan fingerprint density at radius 3 is 1.65 bits per heavy atom. The molecule has 0 saturated heterocycles. The van der Waals surface area contributed by atoms with Gasteiger partial charge in [0.05, 0.1) is 11.4 Å². The standard InChI is InChI=1S/C48H29NO2/c1-3-11-36-31(9-1)19-20-34-29-33(24-27-37(34)36)30-21-25-35(26-22-30)49(43-16-7-14-40-39-13-5-6-18-45(39)50-47(40)43)44-17-8-15-41-42-28-23-32-10-2-4-12-38(32)46(42)51-48(41)44/h1-29H. The maximum atomic E-state index is 6.88. The van der Waals surface area contributed by atoms with Crippen LogP contribution >= 0.6 is 0 Å². The summed E-state index contributed by atoms with van der Waals surface area (Å²) >= 11 is 0. The second-order valence-corrected chi connectivity index (χ2v) is 13.3. The topological polar surface area (TPSA) is 29.5 Å². The average Bonchev–Trinajstić information content (AvgIpc) is 3.78. The molecule has 0 aliphatic rings. The average molecular weight is 652 g/mol. The molecule has 0 unspecified atom stereocenters. The maximum absolute atomic E-state index is 6.88. The van der Waals surface area contributed by atoms with Gasteiger partial charge in [0.25, 0.3) is 0 Å². The number of para-hydroxylation sites is 3. The largest absolute Gasteiger partial charge is 0.454 e. The fourth-order valence-corrected chi connectivity index (χ4v) is 8.00. The molecule has 238 valence electrons. The highest BCUT2D eigenvalue weighted by molar-refractivity contribution is 6.18. The molecule has 9 aromatic carbocycles. The molecule has 0 amide bonds. The molecule has 11 aromatic rings. The van der Waals surface area contributed by atoms with E-state index in [-0.39, 0.29) is 0 Å². The van der Waals surface area contributed by atoms with Gasteiger partial charge in [0, 0.05) is 32.6 Å². The first-order valence-electron chi connectivity index (χ1n) is 17.3. The molecular formula is C48H29NO2. The van der Waals surface area contributed by atoms with Gasteiger partial charge in [-0.1, -0.05) is 133 Å². The van der Waals surface area contributed by atoms with E-state index in [1.165, 1.54) is 27.1 Å². The van der Waals surface area contributed by atoms with Gasteiger partial charge < -0.3 is 13.7 Å². The van der Waals surface area contributed by atoms with Crippen molar-refractivity contribution in [3.8, 4) is 11.1 Å². The number of rotatable bonds is 4. The van der Waals surface area contributed by atoms with E-state index >= 15 is 0 Å². The lowest BCUT2D eigenvalue weighted by Crippen LogP contribution is -2.10. The monoisotopic (exact) mass is 651 g/mol. The molecule has 0 aliphatic heterocycles. The molecule has 0 spiro atoms. The Kier molecular flexibility index (Phi) is 5.96. The van der Waals surface area contributed by atoms with E-state index in [2.05, 4.69) is 169 Å². The lowest BCUT2D eigenvalue weighted by molar-refractivity contribution is 0.667. The van der Waals surface area contributed by atoms with E-state index in [4.69, 9.17) is 8.83 Å². The van der Waals surface area contributed by atoms with Gasteiger partial charge in [-0.2, -0.15) is 0 Å². The number of furan rings is 2. The van der Waals surface area contributed by atoms with Gasteiger partial charge in [-0.15, -0.1) is 0 Å². The summed E-state index contributed by atoms with van der Waals surface area (Å²) in [5.41, 5.74) is 8.69. The first-order chi connectivity index (χ1) is 25.3. The third kappa shape index (κ3) is 4.25. The van der Waals surface area contributed by atoms with Crippen LogP contribution in [0.2, 0.25) is 0 Å². The molecule has 0 fully saturated rings. The van der Waals surface area contributed by atoms with Gasteiger partial charge in [-0.25, -0.2) is 0 Å². The van der Waals surface area contributed by atoms with Crippen molar-refractivity contribution in [1.82, 2.24) is 0 Å². The molecule has 0 atom stereocenters. The highest BCUT2D eigenvalue weighted by atomic mass is 16.3. The van der Waals surface area contributed by atoms with E-state index < -0.39 is 0 Å². The zero-order valence-corrected chi connectivity index (χ0v) is 27.5. The molecule has 3 heteroatoms. The van der Waals surface area contributed by atoms with Gasteiger partial charge >= 0.3 is 0 Å². The van der Waals surface area contributed by atoms with Crippen LogP contribution in [-0.4, -0.2) is 0 Å². The van der Waals surface area contributed by atoms with Crippen LogP contribution in [0.25, 0.3) is 87.3 Å². The smallest absolute Gasteiger partial charge is 0.159 e. The summed E-state index contributed by atoms with van der Waals surface area (Å²) in [7, 11) is 0. The number of fused-ring (bicyclic) bond motifs is 11. The first-order valence-corrected chi connectivity index (χ1v) is 17.3. The number of anilines is 3. The Balaban J connectivity index is 1.12. The second kappa shape index (κ2) is 10.8. The van der Waals surface area contributed by atoms with Crippen LogP contribution in [0, 0.1) is 0 Å². The Labute approximate surface area is 293 Å². The predicted octanol–water partition coefficient (Wildman–Crippen LogP) is 14.1. The zero-order chi connectivity index (χ0) is 33.5. The van der Waals surface area contributed by atoms with Crippen molar-refractivity contribution in [3.05, 3.63) is 176 Å². The minimum atomic E-state index is 0.836. The molecule has 0 aliphatic carbocycles. The summed E-state index contributed by atoms with van der Waals surface area (Å²) in [6, 6.07) is 62.5. The Morgan fingerprint density at radius 1 is 0.314 bits per heavy atom. The van der Waals surface area contributed by atoms with Gasteiger partial charge in [-0.05, 0) is 80.5 Å². The molecule has 2 heterocycles. The van der Waals surface area contributed by atoms with E-state index in [1.54, 1.807) is 0 Å². The van der Waals surface area contributed by atoms with Crippen LogP contribution in [0.4, 0.5) is 17.1 Å². The lowest BCUT2D eigenvalue weighted by atomic mass is 9.97. The molecular weight excluding hydrogens is 623 g/mol. The molecule has 0 N–H and O–H groups in total. The first kappa shape index (κ1) is 28.0. The summed E-state index contributed by atoms with van der Waals surface area (Å²) in [6.45, 7) is 0. The van der Waals surface area contributed by atoms with Crippen molar-refractivity contribution in [2.45, 2.75) is 0 Å². The van der Waals surface area contributed by atoms with Crippen molar-refractivity contribution in [2.24, 2.45) is 0 Å². The highest BCUT2D eigenvalue weighted by Gasteiger charge is 2.23. The fourth-order valence-electron chi connectivity index (χ4n) is 8.00. The van der Waals surface area contributed by atoms with Crippen molar-refractivity contribution in [3.63, 3.8) is 0 Å². The summed E-state index contributed by atoms with van der Waals surface area (Å²) < 4.78 is 13.5. The van der Waals surface area contributed by atoms with Gasteiger partial charge in [0.15, 0.2) is 11.2 Å². The van der Waals surface area contributed by atoms with E-state index in [1.807, 2.05) is 12.1 Å². The summed E-state index contributed by atoms with van der Waals surface area (Å²) in [6.07, 6.45) is 0. The Hall–Kier alpha value is -6.84. The highest BCUT2D eigenvalue weighted by Crippen LogP contribution is 2.47. The zero-order valence-electron chi connectivity index (χ0n) is 27.5. The van der Waals surface area contributed by atoms with Gasteiger partial charge in [0.1, 0.15) is 11.2 Å². The predicted molar refractivity (Wildman–Crippen MR) is 214 cm³/mol. The second-order valence-electron chi connectivity index (χ2n) is 13.3. The van der Waals surface area contributed by atoms with Crippen LogP contribution < -0.4 is 4.90 Å². The van der Waals surface area contributed by atoms with Crippen molar-refractivity contribution < 1.29 is 8.83 Å². The summed E-state index contributed by atoms with van der Waals surface area (Å²) in [5, 5.41) is 11.7. The van der Waals surface area contributed by atoms with Gasteiger partial charge in [-0.3, -0.25) is 0 Å². The lowest BCUT2D eigenvalue weighted by Gasteiger charge is -2.25. The van der Waals surface area contributed by atoms with E-state index in [0.717, 1.165) is 77.3 Å². The van der Waals surface area contributed by atoms with Crippen molar-refractivity contribution in [1.29, 1.82) is 0 Å². The molecule has 0 saturated carbocycles. The third-order valence-electron chi connectivity index (χ3n) is 10.4. The van der Waals surface area contributed by atoms with Crippen LogP contribution in [0.15, 0.2) is 185 Å². The normalized spacial score (nSPS) is 11.9.